The molecule has 0 saturated heterocycles. The molecule has 78 valence electrons. The maximum atomic E-state index is 12.7. The molecule has 1 heterocycles. The molecule has 0 atom stereocenters. The van der Waals surface area contributed by atoms with Gasteiger partial charge in [-0.15, -0.1) is 13.2 Å². The molecule has 0 aromatic carbocycles. The average Bonchev–Trinajstić information content (AvgIpc) is 2.04. The van der Waals surface area contributed by atoms with Crippen LogP contribution in [0.25, 0.3) is 0 Å². The molecule has 0 amide bonds. The Bertz CT molecular complexity index is 354. The molecule has 0 saturated carbocycles. The second-order valence-corrected chi connectivity index (χ2v) is 2.99. The van der Waals surface area contributed by atoms with E-state index in [9.17, 15) is 17.6 Å². The van der Waals surface area contributed by atoms with E-state index in [1.807, 2.05) is 0 Å². The lowest BCUT2D eigenvalue weighted by atomic mass is 10.4. The molecular weight excluding hydrogens is 272 g/mol. The van der Waals surface area contributed by atoms with Crippen molar-refractivity contribution in [2.24, 2.45) is 0 Å². The van der Waals surface area contributed by atoms with Crippen LogP contribution in [0.1, 0.15) is 0 Å². The third-order valence-electron chi connectivity index (χ3n) is 1.18. The van der Waals surface area contributed by atoms with Crippen molar-refractivity contribution in [1.29, 1.82) is 0 Å². The van der Waals surface area contributed by atoms with E-state index in [4.69, 9.17) is 5.73 Å². The maximum Gasteiger partial charge on any atom is 0.573 e. The first-order valence-electron chi connectivity index (χ1n) is 3.16. The van der Waals surface area contributed by atoms with E-state index in [-0.39, 0.29) is 0 Å². The molecule has 0 radical (unpaired) electrons. The van der Waals surface area contributed by atoms with Gasteiger partial charge in [0.1, 0.15) is 4.47 Å². The number of alkyl halides is 3. The van der Waals surface area contributed by atoms with Crippen LogP contribution in [0, 0.1) is 5.95 Å². The molecule has 1 aromatic rings. The molecule has 14 heavy (non-hydrogen) atoms. The first-order valence-corrected chi connectivity index (χ1v) is 3.96. The van der Waals surface area contributed by atoms with Crippen molar-refractivity contribution in [3.63, 3.8) is 0 Å². The highest BCUT2D eigenvalue weighted by atomic mass is 79.9. The molecule has 0 bridgehead atoms. The number of halogens is 5. The second-order valence-electron chi connectivity index (χ2n) is 2.20. The van der Waals surface area contributed by atoms with Gasteiger partial charge in [0.2, 0.25) is 5.95 Å². The first-order chi connectivity index (χ1) is 6.31. The molecule has 0 fully saturated rings. The number of anilines is 1. The maximum absolute atomic E-state index is 12.7. The number of nitrogen functional groups attached to an aromatic ring is 1. The molecule has 0 spiro atoms. The highest BCUT2D eigenvalue weighted by molar-refractivity contribution is 9.10. The fraction of sp³-hybridized carbons (Fsp3) is 0.167. The summed E-state index contributed by atoms with van der Waals surface area (Å²) in [5.41, 5.74) is 4.71. The van der Waals surface area contributed by atoms with Gasteiger partial charge in [0.05, 0.1) is 11.9 Å². The number of pyridine rings is 1. The van der Waals surface area contributed by atoms with Crippen LogP contribution >= 0.6 is 15.9 Å². The number of rotatable bonds is 1. The van der Waals surface area contributed by atoms with Gasteiger partial charge in [-0.3, -0.25) is 0 Å². The van der Waals surface area contributed by atoms with Crippen molar-refractivity contribution in [2.45, 2.75) is 6.36 Å². The first kappa shape index (κ1) is 11.0. The van der Waals surface area contributed by atoms with Gasteiger partial charge in [0.25, 0.3) is 0 Å². The Hall–Kier alpha value is -1.05. The largest absolute Gasteiger partial charge is 0.573 e. The van der Waals surface area contributed by atoms with Crippen molar-refractivity contribution >= 4 is 21.6 Å². The van der Waals surface area contributed by atoms with Crippen LogP contribution in [0.4, 0.5) is 23.2 Å². The molecule has 1 aromatic heterocycles. The minimum atomic E-state index is -4.93. The summed E-state index contributed by atoms with van der Waals surface area (Å²) in [5.74, 6) is -1.96. The summed E-state index contributed by atoms with van der Waals surface area (Å²) in [6, 6.07) is 0. The summed E-state index contributed by atoms with van der Waals surface area (Å²) in [5, 5.41) is 0. The lowest BCUT2D eigenvalue weighted by Crippen LogP contribution is -2.18. The monoisotopic (exact) mass is 274 g/mol. The molecule has 1 rings (SSSR count). The zero-order valence-electron chi connectivity index (χ0n) is 6.40. The topological polar surface area (TPSA) is 48.1 Å². The highest BCUT2D eigenvalue weighted by Crippen LogP contribution is 2.35. The predicted octanol–water partition coefficient (Wildman–Crippen LogP) is 2.46. The van der Waals surface area contributed by atoms with Crippen molar-refractivity contribution in [3.8, 4) is 5.75 Å². The highest BCUT2D eigenvalue weighted by Gasteiger charge is 2.33. The second kappa shape index (κ2) is 3.60. The van der Waals surface area contributed by atoms with Crippen LogP contribution in [-0.2, 0) is 0 Å². The Balaban J connectivity index is 3.13. The average molecular weight is 275 g/mol. The van der Waals surface area contributed by atoms with Gasteiger partial charge in [-0.1, -0.05) is 0 Å². The molecule has 0 unspecified atom stereocenters. The van der Waals surface area contributed by atoms with E-state index in [0.29, 0.717) is 0 Å². The minimum Gasteiger partial charge on any atom is -0.402 e. The van der Waals surface area contributed by atoms with Crippen LogP contribution in [0.3, 0.4) is 0 Å². The van der Waals surface area contributed by atoms with Crippen molar-refractivity contribution in [3.05, 3.63) is 16.6 Å². The Labute approximate surface area is 84.0 Å². The summed E-state index contributed by atoms with van der Waals surface area (Å²) >= 11 is 2.54. The molecule has 0 aliphatic heterocycles. The predicted molar refractivity (Wildman–Crippen MR) is 43.0 cm³/mol. The van der Waals surface area contributed by atoms with Gasteiger partial charge in [0, 0.05) is 0 Å². The third kappa shape index (κ3) is 2.47. The summed E-state index contributed by atoms with van der Waals surface area (Å²) in [6.45, 7) is 0. The Morgan fingerprint density at radius 3 is 2.50 bits per heavy atom. The third-order valence-corrected chi connectivity index (χ3v) is 1.86. The van der Waals surface area contributed by atoms with Crippen molar-refractivity contribution in [2.75, 3.05) is 5.73 Å². The van der Waals surface area contributed by atoms with Crippen LogP contribution in [-0.4, -0.2) is 11.3 Å². The van der Waals surface area contributed by atoms with Gasteiger partial charge >= 0.3 is 6.36 Å². The van der Waals surface area contributed by atoms with Gasteiger partial charge < -0.3 is 10.5 Å². The fourth-order valence-electron chi connectivity index (χ4n) is 0.681. The molecule has 8 heteroatoms. The number of hydrogen-bond acceptors (Lipinski definition) is 3. The van der Waals surface area contributed by atoms with E-state index in [1.165, 1.54) is 0 Å². The van der Waals surface area contributed by atoms with Crippen molar-refractivity contribution < 1.29 is 22.3 Å². The van der Waals surface area contributed by atoms with Crippen molar-refractivity contribution in [1.82, 2.24) is 4.98 Å². The minimum absolute atomic E-state index is 0.407. The van der Waals surface area contributed by atoms with Crippen LogP contribution in [0.5, 0.6) is 5.75 Å². The van der Waals surface area contributed by atoms with Gasteiger partial charge in [-0.2, -0.15) is 4.39 Å². The van der Waals surface area contributed by atoms with Gasteiger partial charge in [0.15, 0.2) is 5.75 Å². The summed E-state index contributed by atoms with van der Waals surface area (Å²) in [4.78, 5) is 3.08. The van der Waals surface area contributed by atoms with E-state index in [1.54, 1.807) is 0 Å². The number of hydrogen-bond donors (Lipinski definition) is 1. The lowest BCUT2D eigenvalue weighted by molar-refractivity contribution is -0.274. The Morgan fingerprint density at radius 1 is 1.43 bits per heavy atom. The van der Waals surface area contributed by atoms with Crippen LogP contribution in [0.15, 0.2) is 10.7 Å². The molecule has 0 aliphatic carbocycles. The fourth-order valence-corrected chi connectivity index (χ4v) is 1.09. The number of nitrogens with two attached hydrogens (primary N) is 1. The van der Waals surface area contributed by atoms with E-state index in [2.05, 4.69) is 25.7 Å². The van der Waals surface area contributed by atoms with E-state index >= 15 is 0 Å². The Kier molecular flexibility index (Phi) is 2.84. The summed E-state index contributed by atoms with van der Waals surface area (Å²) < 4.78 is 51.0. The van der Waals surface area contributed by atoms with Gasteiger partial charge in [-0.05, 0) is 15.9 Å². The normalized spacial score (nSPS) is 11.5. The number of aromatic nitrogens is 1. The zero-order valence-corrected chi connectivity index (χ0v) is 7.99. The van der Waals surface area contributed by atoms with Gasteiger partial charge in [-0.25, -0.2) is 4.98 Å². The SMILES string of the molecule is Nc1cnc(F)c(Br)c1OC(F)(F)F. The quantitative estimate of drug-likeness (QED) is 0.632. The lowest BCUT2D eigenvalue weighted by Gasteiger charge is -2.12. The number of nitrogens with zero attached hydrogens (tertiary/aromatic N) is 1. The van der Waals surface area contributed by atoms with Crippen LogP contribution < -0.4 is 10.5 Å². The molecule has 2 N–H and O–H groups in total. The molecule has 3 nitrogen and oxygen atoms in total. The van der Waals surface area contributed by atoms with Crippen LogP contribution in [0.2, 0.25) is 0 Å². The zero-order chi connectivity index (χ0) is 10.9. The number of ether oxygens (including phenoxy) is 1. The molecular formula is C6H3BrF4N2O. The Morgan fingerprint density at radius 2 is 2.00 bits per heavy atom. The van der Waals surface area contributed by atoms with E-state index in [0.717, 1.165) is 6.20 Å². The van der Waals surface area contributed by atoms with E-state index < -0.39 is 28.2 Å². The summed E-state index contributed by atoms with van der Waals surface area (Å²) in [6.07, 6.45) is -4.19. The summed E-state index contributed by atoms with van der Waals surface area (Å²) in [7, 11) is 0. The smallest absolute Gasteiger partial charge is 0.402 e. The standard InChI is InChI=1S/C6H3BrF4N2O/c7-3-4(14-6(9,10)11)2(12)1-13-5(3)8/h1H,12H2. The molecule has 0 aliphatic rings.